The summed E-state index contributed by atoms with van der Waals surface area (Å²) in [5.74, 6) is -0.805. The van der Waals surface area contributed by atoms with Crippen LogP contribution in [0.1, 0.15) is 22.0 Å². The lowest BCUT2D eigenvalue weighted by atomic mass is 10.1. The molecule has 0 aromatic heterocycles. The third-order valence-corrected chi connectivity index (χ3v) is 3.59. The summed E-state index contributed by atoms with van der Waals surface area (Å²) in [6.07, 6.45) is -0.961. The summed E-state index contributed by atoms with van der Waals surface area (Å²) in [7, 11) is 7.07. The molecule has 0 unspecified atom stereocenters. The summed E-state index contributed by atoms with van der Waals surface area (Å²) in [4.78, 5) is 28.3. The van der Waals surface area contributed by atoms with Gasteiger partial charge in [0.1, 0.15) is 0 Å². The van der Waals surface area contributed by atoms with E-state index in [1.807, 2.05) is 43.3 Å². The molecule has 0 saturated carbocycles. The van der Waals surface area contributed by atoms with Gasteiger partial charge >= 0.3 is 5.97 Å². The monoisotopic (exact) mass is 326 g/mol. The van der Waals surface area contributed by atoms with Gasteiger partial charge < -0.3 is 14.5 Å². The van der Waals surface area contributed by atoms with E-state index < -0.39 is 12.1 Å². The number of carbonyl (C=O) groups excluding carboxylic acids is 2. The van der Waals surface area contributed by atoms with Gasteiger partial charge in [-0.25, -0.2) is 4.79 Å². The molecule has 2 aromatic carbocycles. The first-order chi connectivity index (χ1) is 11.4. The predicted octanol–water partition coefficient (Wildman–Crippen LogP) is 2.74. The minimum atomic E-state index is -0.961. The average molecular weight is 326 g/mol. The number of rotatable bonds is 5. The quantitative estimate of drug-likeness (QED) is 0.793. The van der Waals surface area contributed by atoms with Gasteiger partial charge in [0.05, 0.1) is 5.56 Å². The second kappa shape index (κ2) is 7.64. The van der Waals surface area contributed by atoms with Crippen molar-refractivity contribution in [2.75, 3.05) is 33.1 Å². The number of carbonyl (C=O) groups is 2. The van der Waals surface area contributed by atoms with E-state index >= 15 is 0 Å². The largest absolute Gasteiger partial charge is 0.444 e. The SMILES string of the molecule is CN(C)C(=O)[C@H](OC(=O)c1cccc(N(C)C)c1)c1ccccc1. The van der Waals surface area contributed by atoms with Crippen molar-refractivity contribution in [1.82, 2.24) is 4.90 Å². The van der Waals surface area contributed by atoms with Crippen molar-refractivity contribution in [3.8, 4) is 0 Å². The Morgan fingerprint density at radius 3 is 2.17 bits per heavy atom. The van der Waals surface area contributed by atoms with Crippen LogP contribution in [0, 0.1) is 0 Å². The van der Waals surface area contributed by atoms with Crippen LogP contribution in [-0.2, 0) is 9.53 Å². The fourth-order valence-corrected chi connectivity index (χ4v) is 2.21. The molecule has 0 aliphatic heterocycles. The Balaban J connectivity index is 2.28. The van der Waals surface area contributed by atoms with Crippen LogP contribution in [0.3, 0.4) is 0 Å². The third kappa shape index (κ3) is 4.13. The third-order valence-electron chi connectivity index (χ3n) is 3.59. The first-order valence-corrected chi connectivity index (χ1v) is 7.64. The van der Waals surface area contributed by atoms with Crippen LogP contribution in [0.5, 0.6) is 0 Å². The molecular weight excluding hydrogens is 304 g/mol. The van der Waals surface area contributed by atoms with Gasteiger partial charge in [-0.05, 0) is 18.2 Å². The number of anilines is 1. The summed E-state index contributed by atoms with van der Waals surface area (Å²) >= 11 is 0. The molecule has 1 atom stereocenters. The second-order valence-electron chi connectivity index (χ2n) is 5.87. The highest BCUT2D eigenvalue weighted by Gasteiger charge is 2.27. The van der Waals surface area contributed by atoms with Gasteiger partial charge in [0.2, 0.25) is 6.10 Å². The van der Waals surface area contributed by atoms with E-state index in [4.69, 9.17) is 4.74 Å². The zero-order valence-electron chi connectivity index (χ0n) is 14.4. The highest BCUT2D eigenvalue weighted by atomic mass is 16.5. The number of hydrogen-bond donors (Lipinski definition) is 0. The molecule has 0 aliphatic carbocycles. The van der Waals surface area contributed by atoms with E-state index in [0.29, 0.717) is 11.1 Å². The number of esters is 1. The molecule has 5 nitrogen and oxygen atoms in total. The normalized spacial score (nSPS) is 11.5. The molecule has 24 heavy (non-hydrogen) atoms. The van der Waals surface area contributed by atoms with Gasteiger partial charge in [-0.2, -0.15) is 0 Å². The van der Waals surface area contributed by atoms with Gasteiger partial charge in [-0.15, -0.1) is 0 Å². The number of nitrogens with zero attached hydrogens (tertiary/aromatic N) is 2. The Hall–Kier alpha value is -2.82. The van der Waals surface area contributed by atoms with Gasteiger partial charge in [0.25, 0.3) is 5.91 Å². The van der Waals surface area contributed by atoms with Gasteiger partial charge in [-0.3, -0.25) is 4.79 Å². The van der Waals surface area contributed by atoms with Crippen LogP contribution in [0.2, 0.25) is 0 Å². The summed E-state index contributed by atoms with van der Waals surface area (Å²) in [6, 6.07) is 16.1. The molecule has 1 amide bonds. The maximum atomic E-state index is 12.5. The van der Waals surface area contributed by atoms with Crippen LogP contribution in [-0.4, -0.2) is 45.0 Å². The van der Waals surface area contributed by atoms with E-state index in [9.17, 15) is 9.59 Å². The van der Waals surface area contributed by atoms with Gasteiger partial charge in [0.15, 0.2) is 0 Å². The van der Waals surface area contributed by atoms with Crippen LogP contribution >= 0.6 is 0 Å². The number of benzene rings is 2. The zero-order chi connectivity index (χ0) is 17.7. The Labute approximate surface area is 142 Å². The van der Waals surface area contributed by atoms with Crippen LogP contribution in [0.15, 0.2) is 54.6 Å². The van der Waals surface area contributed by atoms with Crippen molar-refractivity contribution in [2.24, 2.45) is 0 Å². The molecule has 0 spiro atoms. The maximum absolute atomic E-state index is 12.5. The van der Waals surface area contributed by atoms with E-state index in [2.05, 4.69) is 0 Å². The molecule has 2 aromatic rings. The predicted molar refractivity (Wildman–Crippen MR) is 94.1 cm³/mol. The van der Waals surface area contributed by atoms with Crippen molar-refractivity contribution in [3.63, 3.8) is 0 Å². The minimum absolute atomic E-state index is 0.279. The molecule has 0 radical (unpaired) electrons. The Morgan fingerprint density at radius 2 is 1.58 bits per heavy atom. The maximum Gasteiger partial charge on any atom is 0.339 e. The van der Waals surface area contributed by atoms with Gasteiger partial charge in [-0.1, -0.05) is 36.4 Å². The Bertz CT molecular complexity index is 712. The topological polar surface area (TPSA) is 49.9 Å². The van der Waals surface area contributed by atoms with Crippen LogP contribution in [0.4, 0.5) is 5.69 Å². The lowest BCUT2D eigenvalue weighted by molar-refractivity contribution is -0.138. The number of amides is 1. The first kappa shape index (κ1) is 17.5. The van der Waals surface area contributed by atoms with Crippen molar-refractivity contribution in [3.05, 3.63) is 65.7 Å². The van der Waals surface area contributed by atoms with Gasteiger partial charge in [0, 0.05) is 39.4 Å². The van der Waals surface area contributed by atoms with E-state index in [1.165, 1.54) is 4.90 Å². The van der Waals surface area contributed by atoms with E-state index in [1.54, 1.807) is 44.4 Å². The number of hydrogen-bond acceptors (Lipinski definition) is 4. The molecule has 0 bridgehead atoms. The van der Waals surface area contributed by atoms with E-state index in [-0.39, 0.29) is 5.91 Å². The zero-order valence-corrected chi connectivity index (χ0v) is 14.4. The lowest BCUT2D eigenvalue weighted by Crippen LogP contribution is -2.31. The van der Waals surface area contributed by atoms with Crippen LogP contribution < -0.4 is 4.90 Å². The fourth-order valence-electron chi connectivity index (χ4n) is 2.21. The smallest absolute Gasteiger partial charge is 0.339 e. The molecule has 0 heterocycles. The highest BCUT2D eigenvalue weighted by Crippen LogP contribution is 2.22. The van der Waals surface area contributed by atoms with Crippen LogP contribution in [0.25, 0.3) is 0 Å². The number of ether oxygens (including phenoxy) is 1. The molecule has 126 valence electrons. The highest BCUT2D eigenvalue weighted by molar-refractivity contribution is 5.93. The average Bonchev–Trinajstić information content (AvgIpc) is 2.59. The molecule has 0 saturated heterocycles. The van der Waals surface area contributed by atoms with Crippen molar-refractivity contribution >= 4 is 17.6 Å². The number of likely N-dealkylation sites (N-methyl/N-ethyl adjacent to an activating group) is 1. The molecule has 0 N–H and O–H groups in total. The minimum Gasteiger partial charge on any atom is -0.444 e. The first-order valence-electron chi connectivity index (χ1n) is 7.64. The molecule has 0 aliphatic rings. The molecule has 0 fully saturated rings. The molecule has 2 rings (SSSR count). The lowest BCUT2D eigenvalue weighted by Gasteiger charge is -2.21. The molecular formula is C19H22N2O3. The fraction of sp³-hybridized carbons (Fsp3) is 0.263. The summed E-state index contributed by atoms with van der Waals surface area (Å²) in [5, 5.41) is 0. The summed E-state index contributed by atoms with van der Waals surface area (Å²) < 4.78 is 5.53. The summed E-state index contributed by atoms with van der Waals surface area (Å²) in [6.45, 7) is 0. The standard InChI is InChI=1S/C19H22N2O3/c1-20(2)16-12-8-11-15(13-16)19(23)24-17(18(22)21(3)4)14-9-6-5-7-10-14/h5-13,17H,1-4H3/t17-/m1/s1. The van der Waals surface area contributed by atoms with Crippen molar-refractivity contribution in [2.45, 2.75) is 6.10 Å². The van der Waals surface area contributed by atoms with E-state index in [0.717, 1.165) is 5.69 Å². The Kier molecular flexibility index (Phi) is 5.58. The summed E-state index contributed by atoms with van der Waals surface area (Å²) in [5.41, 5.74) is 1.95. The Morgan fingerprint density at radius 1 is 0.917 bits per heavy atom. The molecule has 5 heteroatoms. The second-order valence-corrected chi connectivity index (χ2v) is 5.87. The van der Waals surface area contributed by atoms with Crippen molar-refractivity contribution < 1.29 is 14.3 Å². The van der Waals surface area contributed by atoms with Crippen molar-refractivity contribution in [1.29, 1.82) is 0 Å².